The fourth-order valence-corrected chi connectivity index (χ4v) is 3.48. The van der Waals surface area contributed by atoms with E-state index in [0.29, 0.717) is 12.5 Å². The number of nitrogens with zero attached hydrogens (tertiary/aromatic N) is 2. The zero-order chi connectivity index (χ0) is 12.4. The Morgan fingerprint density at radius 3 is 2.76 bits per heavy atom. The minimum absolute atomic E-state index is 0.287. The van der Waals surface area contributed by atoms with E-state index in [9.17, 15) is 4.79 Å². The molecule has 2 rings (SSSR count). The SMILES string of the molecule is CCC(C)N(CC)c1nc2c(s1)C(=O)CCC2. The van der Waals surface area contributed by atoms with E-state index >= 15 is 0 Å². The van der Waals surface area contributed by atoms with Crippen LogP contribution in [-0.4, -0.2) is 23.4 Å². The number of fused-ring (bicyclic) bond motifs is 1. The van der Waals surface area contributed by atoms with Gasteiger partial charge >= 0.3 is 0 Å². The highest BCUT2D eigenvalue weighted by atomic mass is 32.1. The third-order valence-corrected chi connectivity index (χ3v) is 4.64. The smallest absolute Gasteiger partial charge is 0.186 e. The van der Waals surface area contributed by atoms with Gasteiger partial charge in [-0.3, -0.25) is 4.79 Å². The third kappa shape index (κ3) is 2.37. The van der Waals surface area contributed by atoms with Crippen LogP contribution in [0.15, 0.2) is 0 Å². The van der Waals surface area contributed by atoms with Crippen LogP contribution in [0.2, 0.25) is 0 Å². The molecule has 1 heterocycles. The lowest BCUT2D eigenvalue weighted by Crippen LogP contribution is -2.32. The molecule has 0 saturated carbocycles. The normalized spacial score (nSPS) is 16.8. The molecule has 1 aromatic rings. The number of anilines is 1. The molecule has 17 heavy (non-hydrogen) atoms. The molecule has 0 spiro atoms. The maximum Gasteiger partial charge on any atom is 0.186 e. The molecule has 94 valence electrons. The fraction of sp³-hybridized carbons (Fsp3) is 0.692. The van der Waals surface area contributed by atoms with Gasteiger partial charge in [-0.2, -0.15) is 0 Å². The Morgan fingerprint density at radius 2 is 2.18 bits per heavy atom. The molecule has 0 fully saturated rings. The average Bonchev–Trinajstić information content (AvgIpc) is 2.75. The maximum atomic E-state index is 11.8. The Morgan fingerprint density at radius 1 is 1.41 bits per heavy atom. The maximum absolute atomic E-state index is 11.8. The Balaban J connectivity index is 2.30. The van der Waals surface area contributed by atoms with Crippen LogP contribution in [0.25, 0.3) is 0 Å². The van der Waals surface area contributed by atoms with Crippen molar-refractivity contribution in [2.24, 2.45) is 0 Å². The molecule has 0 radical (unpaired) electrons. The monoisotopic (exact) mass is 252 g/mol. The lowest BCUT2D eigenvalue weighted by atomic mass is 10.0. The van der Waals surface area contributed by atoms with Gasteiger partial charge in [0.25, 0.3) is 0 Å². The highest BCUT2D eigenvalue weighted by molar-refractivity contribution is 7.17. The summed E-state index contributed by atoms with van der Waals surface area (Å²) in [5.41, 5.74) is 1.03. The summed E-state index contributed by atoms with van der Waals surface area (Å²) >= 11 is 1.59. The van der Waals surface area contributed by atoms with Gasteiger partial charge in [0.1, 0.15) is 0 Å². The summed E-state index contributed by atoms with van der Waals surface area (Å²) in [7, 11) is 0. The van der Waals surface area contributed by atoms with Crippen molar-refractivity contribution in [2.75, 3.05) is 11.4 Å². The van der Waals surface area contributed by atoms with Gasteiger partial charge in [-0.15, -0.1) is 0 Å². The highest BCUT2D eigenvalue weighted by Crippen LogP contribution is 2.32. The number of rotatable bonds is 4. The third-order valence-electron chi connectivity index (χ3n) is 3.47. The number of aryl methyl sites for hydroxylation is 1. The molecule has 1 aromatic heterocycles. The van der Waals surface area contributed by atoms with Crippen molar-refractivity contribution in [2.45, 2.75) is 52.5 Å². The number of aromatic nitrogens is 1. The van der Waals surface area contributed by atoms with Crippen LogP contribution in [0.4, 0.5) is 5.13 Å². The second kappa shape index (κ2) is 5.17. The van der Waals surface area contributed by atoms with Gasteiger partial charge in [-0.1, -0.05) is 18.3 Å². The first-order valence-electron chi connectivity index (χ1n) is 6.46. The molecule has 1 unspecified atom stereocenters. The van der Waals surface area contributed by atoms with E-state index in [1.165, 1.54) is 0 Å². The zero-order valence-corrected chi connectivity index (χ0v) is 11.6. The summed E-state index contributed by atoms with van der Waals surface area (Å²) in [5, 5.41) is 1.03. The molecule has 1 aliphatic rings. The van der Waals surface area contributed by atoms with E-state index < -0.39 is 0 Å². The summed E-state index contributed by atoms with van der Waals surface area (Å²) < 4.78 is 0. The van der Waals surface area contributed by atoms with E-state index in [1.54, 1.807) is 11.3 Å². The van der Waals surface area contributed by atoms with Gasteiger partial charge in [0.2, 0.25) is 0 Å². The molecular formula is C13H20N2OS. The van der Waals surface area contributed by atoms with Gasteiger partial charge in [0.05, 0.1) is 10.6 Å². The Hall–Kier alpha value is -0.900. The summed E-state index contributed by atoms with van der Waals surface area (Å²) in [6.07, 6.45) is 3.73. The van der Waals surface area contributed by atoms with Gasteiger partial charge < -0.3 is 4.90 Å². The molecule has 0 amide bonds. The molecule has 0 N–H and O–H groups in total. The summed E-state index contributed by atoms with van der Waals surface area (Å²) in [4.78, 5) is 19.7. The van der Waals surface area contributed by atoms with E-state index in [-0.39, 0.29) is 5.78 Å². The number of carbonyl (C=O) groups excluding carboxylic acids is 1. The van der Waals surface area contributed by atoms with Crippen LogP contribution in [0, 0.1) is 0 Å². The molecule has 0 bridgehead atoms. The Kier molecular flexibility index (Phi) is 3.82. The van der Waals surface area contributed by atoms with Gasteiger partial charge in [-0.05, 0) is 33.1 Å². The first-order chi connectivity index (χ1) is 8.17. The molecule has 4 heteroatoms. The minimum atomic E-state index is 0.287. The van der Waals surface area contributed by atoms with Crippen molar-refractivity contribution in [1.29, 1.82) is 0 Å². The summed E-state index contributed by atoms with van der Waals surface area (Å²) in [5.74, 6) is 0.287. The van der Waals surface area contributed by atoms with Gasteiger partial charge in [0, 0.05) is 19.0 Å². The first kappa shape index (κ1) is 12.6. The molecule has 3 nitrogen and oxygen atoms in total. The second-order valence-corrected chi connectivity index (χ2v) is 5.57. The van der Waals surface area contributed by atoms with Crippen LogP contribution in [-0.2, 0) is 6.42 Å². The standard InChI is InChI=1S/C13H20N2OS/c1-4-9(3)15(5-2)13-14-10-7-6-8-11(16)12(10)17-13/h9H,4-8H2,1-3H3. The largest absolute Gasteiger partial charge is 0.346 e. The molecule has 0 aliphatic heterocycles. The van der Waals surface area contributed by atoms with E-state index in [1.807, 2.05) is 0 Å². The lowest BCUT2D eigenvalue weighted by molar-refractivity contribution is 0.0976. The quantitative estimate of drug-likeness (QED) is 0.824. The summed E-state index contributed by atoms with van der Waals surface area (Å²) in [6.45, 7) is 7.50. The average molecular weight is 252 g/mol. The Bertz CT molecular complexity index is 414. The molecule has 1 atom stereocenters. The Labute approximate surface area is 107 Å². The highest BCUT2D eigenvalue weighted by Gasteiger charge is 2.24. The lowest BCUT2D eigenvalue weighted by Gasteiger charge is -2.26. The van der Waals surface area contributed by atoms with Crippen LogP contribution >= 0.6 is 11.3 Å². The fourth-order valence-electron chi connectivity index (χ4n) is 2.24. The molecule has 1 aliphatic carbocycles. The van der Waals surface area contributed by atoms with Crippen molar-refractivity contribution in [1.82, 2.24) is 4.98 Å². The molecule has 0 aromatic carbocycles. The van der Waals surface area contributed by atoms with Crippen molar-refractivity contribution >= 4 is 22.3 Å². The zero-order valence-electron chi connectivity index (χ0n) is 10.8. The van der Waals surface area contributed by atoms with Crippen LogP contribution in [0.5, 0.6) is 0 Å². The molecular weight excluding hydrogens is 232 g/mol. The number of hydrogen-bond acceptors (Lipinski definition) is 4. The van der Waals surface area contributed by atoms with Gasteiger partial charge in [-0.25, -0.2) is 4.98 Å². The van der Waals surface area contributed by atoms with Crippen molar-refractivity contribution in [3.63, 3.8) is 0 Å². The van der Waals surface area contributed by atoms with Crippen LogP contribution < -0.4 is 4.90 Å². The van der Waals surface area contributed by atoms with Crippen LogP contribution in [0.3, 0.4) is 0 Å². The predicted molar refractivity (Wildman–Crippen MR) is 72.2 cm³/mol. The topological polar surface area (TPSA) is 33.2 Å². The van der Waals surface area contributed by atoms with Crippen molar-refractivity contribution < 1.29 is 4.79 Å². The number of ketones is 1. The summed E-state index contributed by atoms with van der Waals surface area (Å²) in [6, 6.07) is 0.489. The van der Waals surface area contributed by atoms with E-state index in [0.717, 1.165) is 41.5 Å². The van der Waals surface area contributed by atoms with Gasteiger partial charge in [0.15, 0.2) is 10.9 Å². The number of hydrogen-bond donors (Lipinski definition) is 0. The van der Waals surface area contributed by atoms with E-state index in [2.05, 4.69) is 30.7 Å². The van der Waals surface area contributed by atoms with E-state index in [4.69, 9.17) is 0 Å². The number of carbonyl (C=O) groups is 1. The minimum Gasteiger partial charge on any atom is -0.346 e. The van der Waals surface area contributed by atoms with Crippen LogP contribution in [0.1, 0.15) is 55.4 Å². The number of thiazole rings is 1. The molecule has 0 saturated heterocycles. The number of Topliss-reactive ketones (excluding diaryl/α,β-unsaturated/α-hetero) is 1. The first-order valence-corrected chi connectivity index (χ1v) is 7.28. The predicted octanol–water partition coefficient (Wildman–Crippen LogP) is 3.29. The van der Waals surface area contributed by atoms with Crippen molar-refractivity contribution in [3.05, 3.63) is 10.6 Å². The van der Waals surface area contributed by atoms with Crippen molar-refractivity contribution in [3.8, 4) is 0 Å². The second-order valence-electron chi connectivity index (χ2n) is 4.59.